The average Bonchev–Trinajstić information content (AvgIpc) is 2.92. The number of carbonyl (C=O) groups is 1. The number of nitrogens with one attached hydrogen (secondary N) is 1. The maximum Gasteiger partial charge on any atom is 0.308 e. The Kier molecular flexibility index (Phi) is 31.2. The molecule has 0 saturated heterocycles. The number of ether oxygens (including phenoxy) is 11. The van der Waals surface area contributed by atoms with Gasteiger partial charge in [0.25, 0.3) is 0 Å². The van der Waals surface area contributed by atoms with Gasteiger partial charge in [-0.05, 0) is 27.8 Å². The van der Waals surface area contributed by atoms with Crippen LogP contribution in [0.5, 0.6) is 0 Å². The van der Waals surface area contributed by atoms with Gasteiger partial charge in [0.05, 0.1) is 139 Å². The highest BCUT2D eigenvalue weighted by molar-refractivity contribution is 5.69. The molecule has 13 nitrogen and oxygen atoms in total. The van der Waals surface area contributed by atoms with Crippen LogP contribution in [0.2, 0.25) is 0 Å². The fraction of sp³-hybridized carbons (Fsp3) is 0.964. The van der Waals surface area contributed by atoms with Crippen molar-refractivity contribution in [3.8, 4) is 0 Å². The highest BCUT2D eigenvalue weighted by Crippen LogP contribution is 2.08. The zero-order valence-electron chi connectivity index (χ0n) is 26.0. The maximum absolute atomic E-state index is 11.5. The quantitative estimate of drug-likeness (QED) is 0.0854. The third-order valence-corrected chi connectivity index (χ3v) is 4.72. The van der Waals surface area contributed by atoms with Gasteiger partial charge >= 0.3 is 5.97 Å². The zero-order chi connectivity index (χ0) is 30.1. The Bertz CT molecular complexity index is 537. The van der Waals surface area contributed by atoms with Gasteiger partial charge in [0.2, 0.25) is 0 Å². The van der Waals surface area contributed by atoms with E-state index in [2.05, 4.69) is 5.32 Å². The van der Waals surface area contributed by atoms with E-state index in [4.69, 9.17) is 52.1 Å². The average molecular weight is 600 g/mol. The van der Waals surface area contributed by atoms with Gasteiger partial charge in [-0.1, -0.05) is 0 Å². The van der Waals surface area contributed by atoms with Gasteiger partial charge in [-0.25, -0.2) is 0 Å². The lowest BCUT2D eigenvalue weighted by molar-refractivity contribution is -0.156. The molecule has 0 heterocycles. The molecule has 0 amide bonds. The summed E-state index contributed by atoms with van der Waals surface area (Å²) in [6.07, 6.45) is 0.235. The van der Waals surface area contributed by atoms with Gasteiger partial charge in [0.1, 0.15) is 5.60 Å². The number of esters is 1. The summed E-state index contributed by atoms with van der Waals surface area (Å²) in [6.45, 7) is 16.5. The minimum atomic E-state index is -0.470. The van der Waals surface area contributed by atoms with Crippen LogP contribution in [0.4, 0.5) is 0 Å². The highest BCUT2D eigenvalue weighted by atomic mass is 16.6. The molecule has 41 heavy (non-hydrogen) atoms. The van der Waals surface area contributed by atoms with E-state index in [1.807, 2.05) is 27.8 Å². The van der Waals surface area contributed by atoms with Crippen molar-refractivity contribution in [1.29, 1.82) is 0 Å². The van der Waals surface area contributed by atoms with Crippen LogP contribution in [0.1, 0.15) is 27.2 Å². The Labute approximate surface area is 247 Å². The number of rotatable bonds is 33. The van der Waals surface area contributed by atoms with E-state index in [0.29, 0.717) is 132 Å². The lowest BCUT2D eigenvalue weighted by Crippen LogP contribution is -2.24. The normalized spacial score (nSPS) is 11.8. The highest BCUT2D eigenvalue weighted by Gasteiger charge is 2.15. The number of hydrogen-bond donors (Lipinski definition) is 1. The molecule has 1 N–H and O–H groups in total. The van der Waals surface area contributed by atoms with Crippen LogP contribution >= 0.6 is 0 Å². The summed E-state index contributed by atoms with van der Waals surface area (Å²) in [5.74, 6) is -0.263. The van der Waals surface area contributed by atoms with Gasteiger partial charge in [0.15, 0.2) is 0 Å². The molecule has 0 aliphatic heterocycles. The molecule has 0 rings (SSSR count). The molecule has 0 spiro atoms. The third kappa shape index (κ3) is 37.0. The van der Waals surface area contributed by atoms with Gasteiger partial charge in [0, 0.05) is 6.54 Å². The molecule has 0 fully saturated rings. The molecule has 0 aliphatic rings. The van der Waals surface area contributed by atoms with Crippen LogP contribution in [-0.4, -0.2) is 157 Å². The Hall–Kier alpha value is -0.970. The van der Waals surface area contributed by atoms with Gasteiger partial charge < -0.3 is 57.4 Å². The van der Waals surface area contributed by atoms with Crippen LogP contribution in [0.25, 0.3) is 0 Å². The largest absolute Gasteiger partial charge is 0.460 e. The van der Waals surface area contributed by atoms with Crippen molar-refractivity contribution in [2.45, 2.75) is 32.8 Å². The van der Waals surface area contributed by atoms with Crippen molar-refractivity contribution in [2.24, 2.45) is 0 Å². The minimum absolute atomic E-state index is 0.235. The summed E-state index contributed by atoms with van der Waals surface area (Å²) in [5, 5.41) is 3.02. The molecule has 0 aromatic rings. The second-order valence-electron chi connectivity index (χ2n) is 9.56. The molecule has 0 atom stereocenters. The number of carbonyl (C=O) groups excluding carboxylic acids is 1. The van der Waals surface area contributed by atoms with E-state index in [1.54, 1.807) is 0 Å². The van der Waals surface area contributed by atoms with E-state index in [1.165, 1.54) is 0 Å². The Morgan fingerprint density at radius 3 is 0.927 bits per heavy atom. The molecule has 13 heteroatoms. The molecular formula is C28H57NO12. The number of hydrogen-bond acceptors (Lipinski definition) is 13. The standard InChI is InChI=1S/C28H57NO12/c1-28(2,3)41-27(30)5-7-31-9-11-33-13-15-35-17-19-37-21-23-39-25-26-40-24-22-38-20-18-36-16-14-34-12-10-32-8-6-29-4/h29H,5-26H2,1-4H3. The SMILES string of the molecule is CNCCOCCOCCOCCOCCOCCOCCOCCOCCOCCOCCC(=O)OC(C)(C)C. The van der Waals surface area contributed by atoms with Crippen molar-refractivity contribution >= 4 is 5.97 Å². The van der Waals surface area contributed by atoms with E-state index < -0.39 is 5.60 Å². The lowest BCUT2D eigenvalue weighted by Gasteiger charge is -2.19. The Balaban J connectivity index is 3.09. The zero-order valence-corrected chi connectivity index (χ0v) is 26.0. The monoisotopic (exact) mass is 599 g/mol. The lowest BCUT2D eigenvalue weighted by atomic mass is 10.2. The summed E-state index contributed by atoms with van der Waals surface area (Å²) in [7, 11) is 1.89. The van der Waals surface area contributed by atoms with Gasteiger partial charge in [-0.3, -0.25) is 4.79 Å². The summed E-state index contributed by atoms with van der Waals surface area (Å²) in [4.78, 5) is 11.5. The summed E-state index contributed by atoms with van der Waals surface area (Å²) in [6, 6.07) is 0. The van der Waals surface area contributed by atoms with Crippen molar-refractivity contribution < 1.29 is 56.9 Å². The van der Waals surface area contributed by atoms with Crippen LogP contribution in [-0.2, 0) is 56.9 Å². The summed E-state index contributed by atoms with van der Waals surface area (Å²) >= 11 is 0. The molecule has 0 bridgehead atoms. The van der Waals surface area contributed by atoms with Crippen LogP contribution < -0.4 is 5.32 Å². The van der Waals surface area contributed by atoms with Crippen molar-refractivity contribution in [3.63, 3.8) is 0 Å². The van der Waals surface area contributed by atoms with Crippen LogP contribution in [0.15, 0.2) is 0 Å². The predicted molar refractivity (Wildman–Crippen MR) is 153 cm³/mol. The Morgan fingerprint density at radius 2 is 0.683 bits per heavy atom. The Morgan fingerprint density at radius 1 is 0.439 bits per heavy atom. The summed E-state index contributed by atoms with van der Waals surface area (Å²) < 4.78 is 59.4. The first-order chi connectivity index (χ1) is 20.0. The molecule has 0 unspecified atom stereocenters. The van der Waals surface area contributed by atoms with E-state index in [-0.39, 0.29) is 12.4 Å². The molecule has 0 aromatic carbocycles. The first-order valence-electron chi connectivity index (χ1n) is 14.6. The van der Waals surface area contributed by atoms with Crippen molar-refractivity contribution in [1.82, 2.24) is 5.32 Å². The topological polar surface area (TPSA) is 131 Å². The van der Waals surface area contributed by atoms with Crippen LogP contribution in [0.3, 0.4) is 0 Å². The van der Waals surface area contributed by atoms with Gasteiger partial charge in [-0.15, -0.1) is 0 Å². The second kappa shape index (κ2) is 32.0. The smallest absolute Gasteiger partial charge is 0.308 e. The van der Waals surface area contributed by atoms with E-state index in [9.17, 15) is 4.79 Å². The van der Waals surface area contributed by atoms with Crippen molar-refractivity contribution in [2.75, 3.05) is 146 Å². The molecule has 0 aliphatic carbocycles. The minimum Gasteiger partial charge on any atom is -0.460 e. The molecular weight excluding hydrogens is 542 g/mol. The van der Waals surface area contributed by atoms with Gasteiger partial charge in [-0.2, -0.15) is 0 Å². The number of likely N-dealkylation sites (N-methyl/N-ethyl adjacent to an activating group) is 1. The maximum atomic E-state index is 11.5. The predicted octanol–water partition coefficient (Wildman–Crippen LogP) is 1.10. The van der Waals surface area contributed by atoms with E-state index in [0.717, 1.165) is 6.54 Å². The first kappa shape index (κ1) is 40.0. The van der Waals surface area contributed by atoms with Crippen molar-refractivity contribution in [3.05, 3.63) is 0 Å². The fourth-order valence-corrected chi connectivity index (χ4v) is 2.80. The fourth-order valence-electron chi connectivity index (χ4n) is 2.80. The molecule has 0 radical (unpaired) electrons. The first-order valence-corrected chi connectivity index (χ1v) is 14.6. The van der Waals surface area contributed by atoms with Crippen LogP contribution in [0, 0.1) is 0 Å². The molecule has 0 aromatic heterocycles. The molecule has 246 valence electrons. The third-order valence-electron chi connectivity index (χ3n) is 4.72. The second-order valence-corrected chi connectivity index (χ2v) is 9.56. The molecule has 0 saturated carbocycles. The van der Waals surface area contributed by atoms with E-state index >= 15 is 0 Å². The summed E-state index contributed by atoms with van der Waals surface area (Å²) in [5.41, 5.74) is -0.470.